The zero-order valence-electron chi connectivity index (χ0n) is 15.1. The molecule has 6 fully saturated rings. The Morgan fingerprint density at radius 1 is 0.840 bits per heavy atom. The third-order valence-corrected chi connectivity index (χ3v) is 11.3. The number of fused-ring (bicyclic) bond motifs is 2. The van der Waals surface area contributed by atoms with Crippen LogP contribution in [0.3, 0.4) is 0 Å². The first-order valence-corrected chi connectivity index (χ1v) is 10.3. The van der Waals surface area contributed by atoms with Crippen LogP contribution in [0.15, 0.2) is 9.59 Å². The number of rotatable bonds is 1. The van der Waals surface area contributed by atoms with E-state index in [-0.39, 0.29) is 28.3 Å². The van der Waals surface area contributed by atoms with Gasteiger partial charge in [-0.1, -0.05) is 20.8 Å². The summed E-state index contributed by atoms with van der Waals surface area (Å²) >= 11 is 0. The van der Waals surface area contributed by atoms with Gasteiger partial charge in [0, 0.05) is 6.04 Å². The molecule has 7 atom stereocenters. The normalized spacial score (nSPS) is 61.7. The van der Waals surface area contributed by atoms with Gasteiger partial charge in [0.05, 0.1) is 12.1 Å². The van der Waals surface area contributed by atoms with Crippen molar-refractivity contribution < 1.29 is 0 Å². The second kappa shape index (κ2) is 3.11. The van der Waals surface area contributed by atoms with Crippen LogP contribution < -0.4 is 11.4 Å². The molecule has 0 spiro atoms. The van der Waals surface area contributed by atoms with E-state index < -0.39 is 0 Å². The summed E-state index contributed by atoms with van der Waals surface area (Å²) in [6.07, 6.45) is 3.43. The molecule has 0 unspecified atom stereocenters. The first-order chi connectivity index (χ1) is 11.9. The topological polar surface area (TPSA) is 48.9 Å². The van der Waals surface area contributed by atoms with Crippen LogP contribution >= 0.6 is 0 Å². The zero-order valence-corrected chi connectivity index (χ0v) is 15.1. The summed E-state index contributed by atoms with van der Waals surface area (Å²) in [5.74, 6) is 5.47. The minimum absolute atomic E-state index is 0.0280. The first kappa shape index (κ1) is 13.0. The summed E-state index contributed by atoms with van der Waals surface area (Å²) in [6.45, 7) is 7.06. The molecule has 4 bridgehead atoms. The molecule has 1 aromatic rings. The Hall–Kier alpha value is -1.26. The molecule has 25 heavy (non-hydrogen) atoms. The molecule has 0 N–H and O–H groups in total. The Kier molecular flexibility index (Phi) is 1.62. The minimum atomic E-state index is 0.0280. The lowest BCUT2D eigenvalue weighted by molar-refractivity contribution is -0.450. The molecule has 0 amide bonds. The minimum Gasteiger partial charge on any atom is -0.246 e. The van der Waals surface area contributed by atoms with Crippen LogP contribution in [-0.2, 0) is 0 Å². The van der Waals surface area contributed by atoms with Crippen molar-refractivity contribution in [2.24, 2.45) is 52.3 Å². The lowest BCUT2D eigenvalue weighted by atomic mass is 9.16. The van der Waals surface area contributed by atoms with E-state index in [0.29, 0.717) is 18.0 Å². The van der Waals surface area contributed by atoms with Crippen LogP contribution in [0, 0.1) is 52.3 Å². The van der Waals surface area contributed by atoms with Crippen LogP contribution in [0.4, 0.5) is 0 Å². The average Bonchev–Trinajstić information content (AvgIpc) is 2.99. The molecule has 6 saturated carbocycles. The molecule has 0 saturated heterocycles. The highest BCUT2D eigenvalue weighted by Gasteiger charge is 2.90. The van der Waals surface area contributed by atoms with Crippen LogP contribution in [0.25, 0.3) is 0 Å². The van der Waals surface area contributed by atoms with Crippen molar-refractivity contribution in [1.29, 1.82) is 0 Å². The van der Waals surface area contributed by atoms with Gasteiger partial charge >= 0.3 is 11.4 Å². The number of hydrogen-bond acceptors (Lipinski definition) is 2. The molecule has 9 rings (SSSR count). The van der Waals surface area contributed by atoms with Crippen LogP contribution in [-0.4, -0.2) is 13.9 Å². The second-order valence-corrected chi connectivity index (χ2v) is 11.2. The van der Waals surface area contributed by atoms with E-state index >= 15 is 0 Å². The zero-order chi connectivity index (χ0) is 16.8. The van der Waals surface area contributed by atoms with Gasteiger partial charge < -0.3 is 0 Å². The Balaban J connectivity index is 1.36. The van der Waals surface area contributed by atoms with E-state index in [9.17, 15) is 9.59 Å². The van der Waals surface area contributed by atoms with Gasteiger partial charge in [0.15, 0.2) is 0 Å². The Labute approximate surface area is 146 Å². The van der Waals surface area contributed by atoms with Gasteiger partial charge in [-0.2, -0.15) is 0 Å². The second-order valence-electron chi connectivity index (χ2n) is 11.2. The van der Waals surface area contributed by atoms with Crippen molar-refractivity contribution in [2.75, 3.05) is 0 Å². The van der Waals surface area contributed by atoms with Crippen LogP contribution in [0.2, 0.25) is 0 Å². The van der Waals surface area contributed by atoms with E-state index in [2.05, 4.69) is 20.8 Å². The Morgan fingerprint density at radius 2 is 1.36 bits per heavy atom. The molecular weight excluding hydrogens is 314 g/mol. The van der Waals surface area contributed by atoms with Crippen molar-refractivity contribution >= 4 is 0 Å². The van der Waals surface area contributed by atoms with Crippen molar-refractivity contribution in [3.63, 3.8) is 0 Å². The van der Waals surface area contributed by atoms with Crippen LogP contribution in [0.5, 0.6) is 0 Å². The first-order valence-electron chi connectivity index (χ1n) is 10.3. The smallest absolute Gasteiger partial charge is 0.246 e. The fraction of sp³-hybridized carbons (Fsp3) is 0.900. The third-order valence-electron chi connectivity index (χ3n) is 11.3. The molecule has 6 aliphatic carbocycles. The van der Waals surface area contributed by atoms with Crippen molar-refractivity contribution in [3.8, 4) is 0 Å². The Bertz CT molecular complexity index is 936. The lowest BCUT2D eigenvalue weighted by Gasteiger charge is -2.91. The van der Waals surface area contributed by atoms with E-state index in [0.717, 1.165) is 48.3 Å². The van der Waals surface area contributed by atoms with E-state index in [1.165, 1.54) is 6.42 Å². The maximum absolute atomic E-state index is 13.4. The van der Waals surface area contributed by atoms with Gasteiger partial charge in [-0.15, -0.1) is 0 Å². The third kappa shape index (κ3) is 0.875. The number of aromatic nitrogens is 3. The molecule has 8 aliphatic rings. The summed E-state index contributed by atoms with van der Waals surface area (Å²) < 4.78 is 5.62. The van der Waals surface area contributed by atoms with Gasteiger partial charge in [0.25, 0.3) is 0 Å². The van der Waals surface area contributed by atoms with Gasteiger partial charge in [0.2, 0.25) is 0 Å². The summed E-state index contributed by atoms with van der Waals surface area (Å²) in [5, 5.41) is 0. The summed E-state index contributed by atoms with van der Waals surface area (Å²) in [6, 6.07) is 0.845. The maximum Gasteiger partial charge on any atom is 0.347 e. The van der Waals surface area contributed by atoms with Crippen LogP contribution in [0.1, 0.15) is 58.2 Å². The van der Waals surface area contributed by atoms with Crippen molar-refractivity contribution in [3.05, 3.63) is 21.0 Å². The predicted octanol–water partition coefficient (Wildman–Crippen LogP) is 2.05. The van der Waals surface area contributed by atoms with Crippen molar-refractivity contribution in [2.45, 2.75) is 58.2 Å². The maximum atomic E-state index is 13.4. The molecule has 3 heterocycles. The monoisotopic (exact) mass is 339 g/mol. The average molecular weight is 339 g/mol. The van der Waals surface area contributed by atoms with Gasteiger partial charge in [-0.25, -0.2) is 23.5 Å². The molecule has 5 heteroatoms. The SMILES string of the molecule is CC1(C)[C@@H]2CC[C@]1(C)[C@H](n1c(=O)n3n(c1=O)C1[C@@H]4C5C6[C@@H]4C3[C@@H]6[C@@H]51)C2. The molecule has 132 valence electrons. The Morgan fingerprint density at radius 3 is 1.76 bits per heavy atom. The van der Waals surface area contributed by atoms with E-state index in [1.807, 2.05) is 9.36 Å². The summed E-state index contributed by atoms with van der Waals surface area (Å²) in [7, 11) is 0. The lowest BCUT2D eigenvalue weighted by Crippen LogP contribution is -2.91. The van der Waals surface area contributed by atoms with Gasteiger partial charge in [-0.05, 0) is 71.5 Å². The van der Waals surface area contributed by atoms with E-state index in [1.54, 1.807) is 4.57 Å². The fourth-order valence-corrected chi connectivity index (χ4v) is 9.82. The summed E-state index contributed by atoms with van der Waals surface area (Å²) in [4.78, 5) is 26.9. The molecule has 1 aromatic heterocycles. The molecular formula is C20H25N3O2. The molecule has 5 nitrogen and oxygen atoms in total. The highest BCUT2D eigenvalue weighted by molar-refractivity contribution is 5.37. The quantitative estimate of drug-likeness (QED) is 0.786. The highest BCUT2D eigenvalue weighted by Crippen LogP contribution is 2.91. The highest BCUT2D eigenvalue weighted by atomic mass is 16.2. The predicted molar refractivity (Wildman–Crippen MR) is 90.2 cm³/mol. The number of hydrogen-bond donors (Lipinski definition) is 0. The molecule has 0 radical (unpaired) electrons. The largest absolute Gasteiger partial charge is 0.347 e. The van der Waals surface area contributed by atoms with Crippen molar-refractivity contribution in [1.82, 2.24) is 13.9 Å². The molecule has 2 aliphatic heterocycles. The van der Waals surface area contributed by atoms with Gasteiger partial charge in [-0.3, -0.25) is 0 Å². The van der Waals surface area contributed by atoms with E-state index in [4.69, 9.17) is 0 Å². The summed E-state index contributed by atoms with van der Waals surface area (Å²) in [5.41, 5.74) is 0.361. The van der Waals surface area contributed by atoms with Gasteiger partial charge in [0.1, 0.15) is 0 Å². The fourth-order valence-electron chi connectivity index (χ4n) is 9.82. The number of nitrogens with zero attached hydrogens (tertiary/aromatic N) is 3. The standard InChI is InChI=1S/C20H25N3O2/c1-19(2)7-4-5-20(19,3)8(6-7)21-17(24)22-15-11-9-10-13(11)16(14(10)12(9)15)23(22)18(21)25/h7-16H,4-6H2,1-3H3/t7-,8-,9?,10?,11-,12-,13+,14+,15?,16?,20-/m1/s1. The molecule has 0 aromatic carbocycles.